The number of aliphatic imine (C=N–C) groups is 1. The molecule has 9 nitrogen and oxygen atoms in total. The van der Waals surface area contributed by atoms with Gasteiger partial charge >= 0.3 is 0 Å². The van der Waals surface area contributed by atoms with Crippen molar-refractivity contribution in [3.05, 3.63) is 78.5 Å². The van der Waals surface area contributed by atoms with E-state index in [1.807, 2.05) is 31.2 Å². The Hall–Kier alpha value is -3.58. The van der Waals surface area contributed by atoms with Gasteiger partial charge in [-0.2, -0.15) is 0 Å². The zero-order valence-corrected chi connectivity index (χ0v) is 32.1. The maximum Gasteiger partial charge on any atom is 0.234 e. The van der Waals surface area contributed by atoms with Crippen LogP contribution in [0.4, 0.5) is 0 Å². The largest absolute Gasteiger partial charge is 0.486 e. The average Bonchev–Trinajstić information content (AvgIpc) is 3.63. The molecule has 1 aliphatic rings. The number of rotatable bonds is 12. The monoisotopic (exact) mass is 721 g/mol. The molecular weight excluding hydrogens is 675 g/mol. The number of hydrogen-bond acceptors (Lipinski definition) is 8. The lowest BCUT2D eigenvalue weighted by molar-refractivity contribution is -0.117. The molecule has 0 aliphatic carbocycles. The summed E-state index contributed by atoms with van der Waals surface area (Å²) in [6.07, 6.45) is 1.11. The molecule has 2 unspecified atom stereocenters. The fraction of sp³-hybridized carbons (Fsp3) is 0.405. The number of benzene rings is 3. The Morgan fingerprint density at radius 1 is 1.00 bits per heavy atom. The van der Waals surface area contributed by atoms with Gasteiger partial charge in [0.15, 0.2) is 9.84 Å². The Morgan fingerprint density at radius 3 is 2.24 bits per heavy atom. The van der Waals surface area contributed by atoms with Crippen molar-refractivity contribution in [3.63, 3.8) is 0 Å². The van der Waals surface area contributed by atoms with E-state index in [4.69, 9.17) is 19.6 Å². The Balaban J connectivity index is 1.47. The zero-order chi connectivity index (χ0) is 35.8. The lowest BCUT2D eigenvalue weighted by Crippen LogP contribution is -2.64. The number of hydrogen-bond donors (Lipinski definition) is 2. The molecule has 0 fully saturated rings. The number of nitrogens with two attached hydrogens (primary N) is 1. The van der Waals surface area contributed by atoms with Crippen molar-refractivity contribution >= 4 is 57.0 Å². The predicted octanol–water partition coefficient (Wildman–Crippen LogP) is 7.34. The number of fused-ring (bicyclic) bond motifs is 1. The van der Waals surface area contributed by atoms with Crippen LogP contribution in [0, 0.1) is 0 Å². The molecule has 49 heavy (non-hydrogen) atoms. The van der Waals surface area contributed by atoms with Crippen molar-refractivity contribution < 1.29 is 27.1 Å². The second-order valence-corrected chi connectivity index (χ2v) is 23.3. The first kappa shape index (κ1) is 36.7. The van der Waals surface area contributed by atoms with Gasteiger partial charge in [-0.05, 0) is 58.6 Å². The molecule has 5 rings (SSSR count). The first-order valence-electron chi connectivity index (χ1n) is 16.4. The Morgan fingerprint density at radius 2 is 1.65 bits per heavy atom. The molecule has 0 saturated carbocycles. The number of nitrogens with one attached hydrogen (secondary N) is 1. The quantitative estimate of drug-likeness (QED) is 0.146. The van der Waals surface area contributed by atoms with Crippen LogP contribution in [0.1, 0.15) is 60.6 Å². The van der Waals surface area contributed by atoms with E-state index in [1.165, 1.54) is 35.3 Å². The van der Waals surface area contributed by atoms with E-state index in [2.05, 4.69) is 75.8 Å². The minimum atomic E-state index is -3.34. The number of thioether (sulfide) groups is 1. The van der Waals surface area contributed by atoms with Crippen molar-refractivity contribution in [2.24, 2.45) is 10.7 Å². The van der Waals surface area contributed by atoms with Gasteiger partial charge in [0, 0.05) is 29.4 Å². The number of sulfone groups is 1. The number of aromatic amines is 1. The van der Waals surface area contributed by atoms with Crippen LogP contribution in [0.25, 0.3) is 10.9 Å². The molecule has 1 aliphatic heterocycles. The van der Waals surface area contributed by atoms with Crippen LogP contribution in [-0.4, -0.2) is 63.4 Å². The van der Waals surface area contributed by atoms with Crippen molar-refractivity contribution in [3.8, 4) is 17.2 Å². The van der Waals surface area contributed by atoms with E-state index in [0.717, 1.165) is 21.6 Å². The van der Waals surface area contributed by atoms with Gasteiger partial charge in [-0.1, -0.05) is 83.6 Å². The maximum atomic E-state index is 12.0. The Bertz CT molecular complexity index is 1930. The van der Waals surface area contributed by atoms with Crippen LogP contribution in [0.3, 0.4) is 0 Å². The molecule has 4 aromatic rings. The number of amides is 1. The summed E-state index contributed by atoms with van der Waals surface area (Å²) in [5.41, 5.74) is 7.04. The molecular formula is C37H47N3O6S2Si. The first-order chi connectivity index (χ1) is 22.9. The summed E-state index contributed by atoms with van der Waals surface area (Å²) in [7, 11) is -5.97. The second-order valence-electron chi connectivity index (χ2n) is 14.8. The number of ether oxygens (including phenoxy) is 2. The smallest absolute Gasteiger partial charge is 0.234 e. The SMILES string of the molecule is CC(CO[Si](c1ccccc1)(C(C)(C)C)C(C)(C)C)Oc1cc(Oc2ccc(S(C)(=O)=O)cc2)cc2cc(C3=NCC(CC(N)=O)S3)[nH]c12. The van der Waals surface area contributed by atoms with Crippen molar-refractivity contribution in [1.29, 1.82) is 0 Å². The summed E-state index contributed by atoms with van der Waals surface area (Å²) in [5.74, 6) is 1.25. The normalized spacial score (nSPS) is 16.4. The van der Waals surface area contributed by atoms with Gasteiger partial charge in [0.05, 0.1) is 29.3 Å². The van der Waals surface area contributed by atoms with Crippen molar-refractivity contribution in [2.45, 2.75) is 81.2 Å². The molecule has 0 spiro atoms. The predicted molar refractivity (Wildman–Crippen MR) is 202 cm³/mol. The number of H-pyrrole nitrogens is 1. The minimum absolute atomic E-state index is 0.000264. The van der Waals surface area contributed by atoms with Crippen LogP contribution in [-0.2, 0) is 19.1 Å². The van der Waals surface area contributed by atoms with E-state index in [-0.39, 0.29) is 38.7 Å². The van der Waals surface area contributed by atoms with Gasteiger partial charge in [0.1, 0.15) is 28.4 Å². The summed E-state index contributed by atoms with van der Waals surface area (Å²) >= 11 is 1.53. The van der Waals surface area contributed by atoms with E-state index in [0.29, 0.717) is 30.4 Å². The molecule has 1 aromatic heterocycles. The summed E-state index contributed by atoms with van der Waals surface area (Å²) in [5, 5.41) is 2.68. The zero-order valence-electron chi connectivity index (χ0n) is 29.5. The van der Waals surface area contributed by atoms with E-state index in [1.54, 1.807) is 12.1 Å². The van der Waals surface area contributed by atoms with Crippen molar-refractivity contribution in [2.75, 3.05) is 19.4 Å². The molecule has 2 atom stereocenters. The van der Waals surface area contributed by atoms with Crippen molar-refractivity contribution in [1.82, 2.24) is 4.98 Å². The lowest BCUT2D eigenvalue weighted by atomic mass is 10.2. The molecule has 1 amide bonds. The van der Waals surface area contributed by atoms with Gasteiger partial charge < -0.3 is 24.6 Å². The summed E-state index contributed by atoms with van der Waals surface area (Å²) in [4.78, 5) is 19.9. The minimum Gasteiger partial charge on any atom is -0.486 e. The van der Waals surface area contributed by atoms with Crippen LogP contribution in [0.2, 0.25) is 10.1 Å². The molecule has 2 heterocycles. The number of aromatic nitrogens is 1. The van der Waals surface area contributed by atoms with E-state index >= 15 is 0 Å². The van der Waals surface area contributed by atoms with Crippen LogP contribution >= 0.6 is 11.8 Å². The molecule has 262 valence electrons. The third-order valence-corrected chi connectivity index (χ3v) is 17.0. The number of carbonyl (C=O) groups is 1. The summed E-state index contributed by atoms with van der Waals surface area (Å²) < 4.78 is 44.0. The van der Waals surface area contributed by atoms with Crippen LogP contribution < -0.4 is 20.4 Å². The maximum absolute atomic E-state index is 12.0. The third-order valence-electron chi connectivity index (χ3n) is 8.68. The Kier molecular flexibility index (Phi) is 10.5. The standard InChI is InChI=1S/C37H47N3O6S2Si/c1-24(23-44-49(36(2,3)4,37(5,6)7)30-12-10-9-11-13-30)45-32-20-27(46-26-14-16-29(17-15-26)48(8,42)43)18-25-19-31(40-34(25)32)35-39-22-28(47-35)21-33(38)41/h9-20,24,28,40H,21-23H2,1-8H3,(H2,38,41). The highest BCUT2D eigenvalue weighted by Gasteiger charge is 2.56. The summed E-state index contributed by atoms with van der Waals surface area (Å²) in [6, 6.07) is 22.6. The number of carbonyl (C=O) groups excluding carboxylic acids is 1. The van der Waals surface area contributed by atoms with E-state index < -0.39 is 18.2 Å². The summed E-state index contributed by atoms with van der Waals surface area (Å²) in [6.45, 7) is 16.5. The number of nitrogens with zero attached hydrogens (tertiary/aromatic N) is 1. The van der Waals surface area contributed by atoms with Crippen LogP contribution in [0.5, 0.6) is 17.2 Å². The highest BCUT2D eigenvalue weighted by Crippen LogP contribution is 2.51. The fourth-order valence-electron chi connectivity index (χ4n) is 6.91. The third kappa shape index (κ3) is 8.09. The Labute approximate surface area is 295 Å². The average molecular weight is 722 g/mol. The topological polar surface area (TPSA) is 133 Å². The lowest BCUT2D eigenvalue weighted by Gasteiger charge is -2.51. The molecule has 3 N–H and O–H groups in total. The molecule has 12 heteroatoms. The molecule has 0 saturated heterocycles. The van der Waals surface area contributed by atoms with Crippen LogP contribution in [0.15, 0.2) is 82.7 Å². The van der Waals surface area contributed by atoms with Gasteiger partial charge in [0.2, 0.25) is 14.2 Å². The first-order valence-corrected chi connectivity index (χ1v) is 21.1. The molecule has 0 bridgehead atoms. The van der Waals surface area contributed by atoms with E-state index in [9.17, 15) is 13.2 Å². The highest BCUT2D eigenvalue weighted by molar-refractivity contribution is 8.15. The molecule has 3 aromatic carbocycles. The van der Waals surface area contributed by atoms with Gasteiger partial charge in [0.25, 0.3) is 0 Å². The van der Waals surface area contributed by atoms with Gasteiger partial charge in [-0.25, -0.2) is 8.42 Å². The molecule has 0 radical (unpaired) electrons. The van der Waals surface area contributed by atoms with Gasteiger partial charge in [-0.3, -0.25) is 9.79 Å². The second kappa shape index (κ2) is 14.0. The van der Waals surface area contributed by atoms with Gasteiger partial charge in [-0.15, -0.1) is 0 Å². The number of primary amides is 1. The highest BCUT2D eigenvalue weighted by atomic mass is 32.2. The fourth-order valence-corrected chi connectivity index (χ4v) is 14.8.